The average molecular weight is 393 g/mol. The van der Waals surface area contributed by atoms with Crippen LogP contribution in [0.2, 0.25) is 0 Å². The summed E-state index contributed by atoms with van der Waals surface area (Å²) in [6.07, 6.45) is 2.18. The van der Waals surface area contributed by atoms with Gasteiger partial charge in [0.2, 0.25) is 0 Å². The molecular formula is C18H26F3NO5. The van der Waals surface area contributed by atoms with E-state index in [0.717, 1.165) is 39.5 Å². The van der Waals surface area contributed by atoms with Crippen LogP contribution in [0.4, 0.5) is 13.2 Å². The summed E-state index contributed by atoms with van der Waals surface area (Å²) < 4.78 is 48.8. The molecule has 1 saturated heterocycles. The van der Waals surface area contributed by atoms with Crippen LogP contribution in [0.15, 0.2) is 23.0 Å². The first-order valence-corrected chi connectivity index (χ1v) is 9.02. The summed E-state index contributed by atoms with van der Waals surface area (Å²) in [5.74, 6) is -2.21. The third-order valence-corrected chi connectivity index (χ3v) is 4.94. The van der Waals surface area contributed by atoms with Crippen LogP contribution < -0.4 is 0 Å². The Morgan fingerprint density at radius 1 is 1.48 bits per heavy atom. The first-order valence-electron chi connectivity index (χ1n) is 9.02. The second-order valence-electron chi connectivity index (χ2n) is 6.81. The number of furan rings is 1. The fraction of sp³-hybridized carbons (Fsp3) is 0.722. The van der Waals surface area contributed by atoms with Crippen LogP contribution in [-0.4, -0.2) is 60.7 Å². The fourth-order valence-electron chi connectivity index (χ4n) is 3.67. The van der Waals surface area contributed by atoms with E-state index in [1.165, 1.54) is 24.8 Å². The van der Waals surface area contributed by atoms with Crippen LogP contribution in [0.3, 0.4) is 0 Å². The van der Waals surface area contributed by atoms with Crippen LogP contribution in [0.5, 0.6) is 0 Å². The summed E-state index contributed by atoms with van der Waals surface area (Å²) in [5, 5.41) is 7.12. The molecule has 0 amide bonds. The van der Waals surface area contributed by atoms with Gasteiger partial charge in [0.05, 0.1) is 31.3 Å². The number of nitrogens with zero attached hydrogens (tertiary/aromatic N) is 1. The van der Waals surface area contributed by atoms with Gasteiger partial charge in [-0.3, -0.25) is 4.90 Å². The number of hydrogen-bond donors (Lipinski definition) is 1. The van der Waals surface area contributed by atoms with Gasteiger partial charge in [-0.1, -0.05) is 6.42 Å². The third kappa shape index (κ3) is 6.22. The van der Waals surface area contributed by atoms with Crippen LogP contribution in [0.25, 0.3) is 0 Å². The molecule has 1 aliphatic carbocycles. The van der Waals surface area contributed by atoms with Gasteiger partial charge in [-0.15, -0.1) is 0 Å². The van der Waals surface area contributed by atoms with Gasteiger partial charge in [-0.2, -0.15) is 13.2 Å². The van der Waals surface area contributed by atoms with E-state index in [9.17, 15) is 13.2 Å². The van der Waals surface area contributed by atoms with Crippen molar-refractivity contribution in [3.8, 4) is 0 Å². The fourth-order valence-corrected chi connectivity index (χ4v) is 3.67. The maximum atomic E-state index is 10.6. The minimum Gasteiger partial charge on any atom is -0.475 e. The number of rotatable bonds is 5. The lowest BCUT2D eigenvalue weighted by Crippen LogP contribution is -2.54. The van der Waals surface area contributed by atoms with Gasteiger partial charge in [0.15, 0.2) is 0 Å². The molecular weight excluding hydrogens is 367 g/mol. The highest BCUT2D eigenvalue weighted by Crippen LogP contribution is 2.41. The molecule has 0 unspecified atom stereocenters. The van der Waals surface area contributed by atoms with E-state index in [2.05, 4.69) is 17.9 Å². The summed E-state index contributed by atoms with van der Waals surface area (Å²) in [6, 6.07) is 2.05. The Kier molecular flexibility index (Phi) is 7.69. The molecule has 0 bridgehead atoms. The Labute approximate surface area is 156 Å². The predicted molar refractivity (Wildman–Crippen MR) is 90.2 cm³/mol. The van der Waals surface area contributed by atoms with Crippen LogP contribution >= 0.6 is 0 Å². The Balaban J connectivity index is 0.000000321. The van der Waals surface area contributed by atoms with E-state index < -0.39 is 12.1 Å². The minimum absolute atomic E-state index is 0.0250. The van der Waals surface area contributed by atoms with Crippen LogP contribution in [-0.2, 0) is 20.8 Å². The van der Waals surface area contributed by atoms with Crippen molar-refractivity contribution in [1.82, 2.24) is 4.90 Å². The third-order valence-electron chi connectivity index (χ3n) is 4.94. The molecule has 2 aliphatic rings. The van der Waals surface area contributed by atoms with Crippen molar-refractivity contribution in [2.75, 3.05) is 32.9 Å². The van der Waals surface area contributed by atoms with E-state index in [0.29, 0.717) is 5.92 Å². The molecule has 0 aromatic carbocycles. The summed E-state index contributed by atoms with van der Waals surface area (Å²) in [5.41, 5.74) is 1.28. The van der Waals surface area contributed by atoms with E-state index in [1.807, 2.05) is 6.26 Å². The van der Waals surface area contributed by atoms with E-state index in [1.54, 1.807) is 6.26 Å². The normalized spacial score (nSPS) is 26.0. The van der Waals surface area contributed by atoms with E-state index in [-0.39, 0.29) is 5.60 Å². The monoisotopic (exact) mass is 393 g/mol. The zero-order valence-electron chi connectivity index (χ0n) is 15.3. The van der Waals surface area contributed by atoms with Crippen molar-refractivity contribution in [3.63, 3.8) is 0 Å². The average Bonchev–Trinajstić information content (AvgIpc) is 3.23. The summed E-state index contributed by atoms with van der Waals surface area (Å²) in [7, 11) is 0. The first-order chi connectivity index (χ1) is 12.8. The molecule has 1 aromatic heterocycles. The summed E-state index contributed by atoms with van der Waals surface area (Å²) in [6.45, 7) is 7.53. The standard InChI is InChI=1S/C16H25NO3.C2HF3O2/c1-2-18-12-15-4-3-6-16(15)13-17(7-9-20-16)10-14-5-8-19-11-14;3-2(4,5)1(6)7/h5,8,11,15H,2-4,6-7,9-10,12-13H2,1H3;(H,6,7)/t15-,16+;/m0./s1. The summed E-state index contributed by atoms with van der Waals surface area (Å²) in [4.78, 5) is 11.4. The van der Waals surface area contributed by atoms with Gasteiger partial charge in [-0.05, 0) is 25.8 Å². The van der Waals surface area contributed by atoms with Gasteiger partial charge >= 0.3 is 12.1 Å². The van der Waals surface area contributed by atoms with E-state index in [4.69, 9.17) is 23.8 Å². The lowest BCUT2D eigenvalue weighted by atomic mass is 9.89. The SMILES string of the molecule is CCOC[C@@H]1CCC[C@@]12CN(Cc1ccoc1)CCO2.O=C(O)C(F)(F)F. The van der Waals surface area contributed by atoms with Crippen molar-refractivity contribution in [2.24, 2.45) is 5.92 Å². The second kappa shape index (κ2) is 9.57. The molecule has 27 heavy (non-hydrogen) atoms. The number of carbonyl (C=O) groups is 1. The molecule has 2 heterocycles. The molecule has 1 N–H and O–H groups in total. The van der Waals surface area contributed by atoms with Gasteiger partial charge in [-0.25, -0.2) is 4.79 Å². The quantitative estimate of drug-likeness (QED) is 0.828. The molecule has 2 fully saturated rings. The number of alkyl halides is 3. The Bertz CT molecular complexity index is 578. The highest BCUT2D eigenvalue weighted by molar-refractivity contribution is 5.73. The van der Waals surface area contributed by atoms with Crippen molar-refractivity contribution < 1.29 is 37.0 Å². The molecule has 1 saturated carbocycles. The number of carboxylic acids is 1. The van der Waals surface area contributed by atoms with Crippen LogP contribution in [0.1, 0.15) is 31.7 Å². The molecule has 1 spiro atoms. The largest absolute Gasteiger partial charge is 0.490 e. The number of morpholine rings is 1. The number of halogens is 3. The van der Waals surface area contributed by atoms with E-state index >= 15 is 0 Å². The minimum atomic E-state index is -5.08. The highest BCUT2D eigenvalue weighted by atomic mass is 19.4. The Morgan fingerprint density at radius 2 is 2.22 bits per heavy atom. The molecule has 1 aliphatic heterocycles. The molecule has 9 heteroatoms. The zero-order chi connectivity index (χ0) is 19.9. The van der Waals surface area contributed by atoms with Crippen molar-refractivity contribution in [2.45, 2.75) is 44.5 Å². The molecule has 0 radical (unpaired) electrons. The molecule has 6 nitrogen and oxygen atoms in total. The summed E-state index contributed by atoms with van der Waals surface area (Å²) >= 11 is 0. The molecule has 3 rings (SSSR count). The van der Waals surface area contributed by atoms with Crippen molar-refractivity contribution in [3.05, 3.63) is 24.2 Å². The van der Waals surface area contributed by atoms with Gasteiger partial charge < -0.3 is 19.0 Å². The zero-order valence-corrected chi connectivity index (χ0v) is 15.3. The number of carboxylic acid groups (broad SMARTS) is 1. The molecule has 2 atom stereocenters. The van der Waals surface area contributed by atoms with Crippen molar-refractivity contribution >= 4 is 5.97 Å². The maximum absolute atomic E-state index is 10.6. The highest BCUT2D eigenvalue weighted by Gasteiger charge is 2.46. The lowest BCUT2D eigenvalue weighted by Gasteiger charge is -2.44. The predicted octanol–water partition coefficient (Wildman–Crippen LogP) is 3.32. The van der Waals surface area contributed by atoms with Gasteiger partial charge in [0.25, 0.3) is 0 Å². The number of hydrogen-bond acceptors (Lipinski definition) is 5. The van der Waals surface area contributed by atoms with Gasteiger partial charge in [0.1, 0.15) is 0 Å². The number of ether oxygens (including phenoxy) is 2. The molecule has 154 valence electrons. The van der Waals surface area contributed by atoms with Crippen LogP contribution in [0, 0.1) is 5.92 Å². The topological polar surface area (TPSA) is 72.1 Å². The van der Waals surface area contributed by atoms with Crippen molar-refractivity contribution in [1.29, 1.82) is 0 Å². The maximum Gasteiger partial charge on any atom is 0.490 e. The molecule has 1 aromatic rings. The Morgan fingerprint density at radius 3 is 2.81 bits per heavy atom. The number of aliphatic carboxylic acids is 1. The smallest absolute Gasteiger partial charge is 0.475 e. The van der Waals surface area contributed by atoms with Gasteiger partial charge in [0, 0.05) is 37.7 Å². The lowest BCUT2D eigenvalue weighted by molar-refractivity contribution is -0.192. The first kappa shape index (κ1) is 21.7. The second-order valence-corrected chi connectivity index (χ2v) is 6.81. The Hall–Kier alpha value is -1.58.